The zero-order valence-corrected chi connectivity index (χ0v) is 41.2. The lowest BCUT2D eigenvalue weighted by molar-refractivity contribution is 1.57. The van der Waals surface area contributed by atoms with Gasteiger partial charge in [0.25, 0.3) is 0 Å². The van der Waals surface area contributed by atoms with Gasteiger partial charge < -0.3 is 0 Å². The molecule has 0 spiro atoms. The summed E-state index contributed by atoms with van der Waals surface area (Å²) in [6.07, 6.45) is 0. The summed E-state index contributed by atoms with van der Waals surface area (Å²) in [6, 6.07) is 97.6. The highest BCUT2D eigenvalue weighted by Crippen LogP contribution is 2.46. The maximum absolute atomic E-state index is 2.45. The highest BCUT2D eigenvalue weighted by molar-refractivity contribution is 6.27. The summed E-state index contributed by atoms with van der Waals surface area (Å²) in [6.45, 7) is 0. The summed E-state index contributed by atoms with van der Waals surface area (Å²) < 4.78 is 0. The summed E-state index contributed by atoms with van der Waals surface area (Å²) >= 11 is 0. The Kier molecular flexibility index (Phi) is 7.95. The Hall–Kier alpha value is -9.88. The van der Waals surface area contributed by atoms with Crippen LogP contribution in [-0.4, -0.2) is 0 Å². The fourth-order valence-corrected chi connectivity index (χ4v) is 13.9. The van der Waals surface area contributed by atoms with Crippen molar-refractivity contribution in [2.75, 3.05) is 0 Å². The Labute approximate surface area is 437 Å². The van der Waals surface area contributed by atoms with Crippen LogP contribution in [-0.2, 0) is 0 Å². The molecule has 0 saturated carbocycles. The molecule has 346 valence electrons. The van der Waals surface area contributed by atoms with Gasteiger partial charge in [0.15, 0.2) is 0 Å². The molecule has 18 rings (SSSR count). The molecule has 0 aliphatic heterocycles. The Morgan fingerprint density at radius 1 is 0.105 bits per heavy atom. The van der Waals surface area contributed by atoms with E-state index in [1.807, 2.05) is 0 Å². The molecule has 0 aliphatic carbocycles. The van der Waals surface area contributed by atoms with Gasteiger partial charge in [0, 0.05) is 0 Å². The molecule has 18 aromatic rings. The normalized spacial score (nSPS) is 12.5. The molecule has 0 aliphatic rings. The smallest absolute Gasteiger partial charge is 0.00264 e. The van der Waals surface area contributed by atoms with E-state index in [9.17, 15) is 0 Å². The molecule has 18 aromatic carbocycles. The summed E-state index contributed by atoms with van der Waals surface area (Å²) in [5.41, 5.74) is 12.0. The van der Waals surface area contributed by atoms with Crippen LogP contribution in [0.2, 0.25) is 0 Å². The maximum Gasteiger partial charge on any atom is -0.00264 e. The average Bonchev–Trinajstić information content (AvgIpc) is 3.49. The minimum atomic E-state index is 1.18. The van der Waals surface area contributed by atoms with Crippen molar-refractivity contribution in [1.82, 2.24) is 0 Å². The fourth-order valence-electron chi connectivity index (χ4n) is 13.9. The van der Waals surface area contributed by atoms with Crippen molar-refractivity contribution in [3.05, 3.63) is 255 Å². The van der Waals surface area contributed by atoms with E-state index >= 15 is 0 Å². The Morgan fingerprint density at radius 2 is 0.224 bits per heavy atom. The molecule has 0 bridgehead atoms. The van der Waals surface area contributed by atoms with Gasteiger partial charge in [-0.1, -0.05) is 170 Å². The van der Waals surface area contributed by atoms with Gasteiger partial charge in [0.05, 0.1) is 0 Å². The minimum Gasteiger partial charge on any atom is -0.0610 e. The van der Waals surface area contributed by atoms with E-state index in [2.05, 4.69) is 255 Å². The van der Waals surface area contributed by atoms with Crippen LogP contribution in [0, 0.1) is 0 Å². The van der Waals surface area contributed by atoms with Crippen molar-refractivity contribution in [2.45, 2.75) is 0 Å². The third-order valence-corrected chi connectivity index (χ3v) is 17.4. The van der Waals surface area contributed by atoms with Crippen molar-refractivity contribution in [1.29, 1.82) is 0 Å². The molecule has 76 heavy (non-hydrogen) atoms. The predicted molar refractivity (Wildman–Crippen MR) is 328 cm³/mol. The molecule has 0 heterocycles. The summed E-state index contributed by atoms with van der Waals surface area (Å²) in [7, 11) is 0. The Bertz CT molecular complexity index is 4530. The van der Waals surface area contributed by atoms with Crippen LogP contribution < -0.4 is 0 Å². The molecular formula is C76H42. The highest BCUT2D eigenvalue weighted by Gasteiger charge is 2.19. The number of benzene rings is 18. The maximum atomic E-state index is 2.45. The molecule has 0 unspecified atom stereocenters. The van der Waals surface area contributed by atoms with E-state index in [0.717, 1.165) is 0 Å². The summed E-state index contributed by atoms with van der Waals surface area (Å²) in [5, 5.41) is 31.1. The standard InChI is InChI=1S/C76H42/c1-5-43-13-21-51-29-59(30-52-22-14-44(6-1)69(43)73(51)52)63-37-64(60-31-53-23-15-45-7-2-8-46-16-24-54(32-60)74(53)70(45)46)40-67(39-63)68-41-65(61-33-55-25-17-47-9-3-10-48-18-26-56(34-61)75(55)71(47)48)38-66(42-68)62-35-57-27-19-49-11-4-12-50-20-28-58(36-62)76(57)72(49)50/h1-42H. The molecule has 0 aromatic heterocycles. The van der Waals surface area contributed by atoms with Crippen molar-refractivity contribution in [3.8, 4) is 55.6 Å². The first-order chi connectivity index (χ1) is 37.6. The van der Waals surface area contributed by atoms with Gasteiger partial charge in [0.1, 0.15) is 0 Å². The van der Waals surface area contributed by atoms with Gasteiger partial charge >= 0.3 is 0 Å². The van der Waals surface area contributed by atoms with Crippen molar-refractivity contribution in [2.24, 2.45) is 0 Å². The van der Waals surface area contributed by atoms with E-state index in [4.69, 9.17) is 0 Å². The van der Waals surface area contributed by atoms with Gasteiger partial charge in [-0.3, -0.25) is 0 Å². The monoisotopic (exact) mass is 954 g/mol. The van der Waals surface area contributed by atoms with Gasteiger partial charge in [0.2, 0.25) is 0 Å². The second-order valence-corrected chi connectivity index (χ2v) is 21.6. The lowest BCUT2D eigenvalue weighted by Gasteiger charge is -2.18. The molecule has 0 N–H and O–H groups in total. The molecular weight excluding hydrogens is 913 g/mol. The van der Waals surface area contributed by atoms with Crippen LogP contribution in [0.25, 0.3) is 185 Å². The zero-order valence-electron chi connectivity index (χ0n) is 41.2. The SMILES string of the molecule is c1cc2ccc3cc(-c4cc(-c5cc(-c6cc7ccc8cccc9ccc(c6)c7c89)cc(-c6cc7ccc8cccc9ccc(c6)c7c89)c5)cc(-c5cc6ccc7cccc8ccc(c5)c6c78)c4)cc4ccc(c1)c2c34. The number of rotatable bonds is 5. The van der Waals surface area contributed by atoms with Crippen molar-refractivity contribution >= 4 is 129 Å². The Balaban J connectivity index is 0.903. The van der Waals surface area contributed by atoms with Crippen molar-refractivity contribution < 1.29 is 0 Å². The topological polar surface area (TPSA) is 0 Å². The number of hydrogen-bond donors (Lipinski definition) is 0. The molecule has 0 saturated heterocycles. The quantitative estimate of drug-likeness (QED) is 0.151. The van der Waals surface area contributed by atoms with Gasteiger partial charge in [-0.25, -0.2) is 0 Å². The molecule has 0 nitrogen and oxygen atoms in total. The second kappa shape index (κ2) is 14.9. The Morgan fingerprint density at radius 3 is 0.382 bits per heavy atom. The summed E-state index contributed by atoms with van der Waals surface area (Å²) in [5.74, 6) is 0. The van der Waals surface area contributed by atoms with E-state index in [0.29, 0.717) is 0 Å². The largest absolute Gasteiger partial charge is 0.0610 e. The molecule has 0 radical (unpaired) electrons. The molecule has 0 fully saturated rings. The second-order valence-electron chi connectivity index (χ2n) is 21.6. The van der Waals surface area contributed by atoms with Gasteiger partial charge in [-0.2, -0.15) is 0 Å². The highest BCUT2D eigenvalue weighted by atomic mass is 14.2. The van der Waals surface area contributed by atoms with Crippen molar-refractivity contribution in [3.63, 3.8) is 0 Å². The van der Waals surface area contributed by atoms with E-state index in [-0.39, 0.29) is 0 Å². The minimum absolute atomic E-state index is 1.18. The van der Waals surface area contributed by atoms with Crippen LogP contribution in [0.15, 0.2) is 255 Å². The first-order valence-corrected chi connectivity index (χ1v) is 26.6. The van der Waals surface area contributed by atoms with E-state index in [1.165, 1.54) is 185 Å². The van der Waals surface area contributed by atoms with Crippen LogP contribution in [0.3, 0.4) is 0 Å². The molecule has 0 atom stereocenters. The third kappa shape index (κ3) is 5.79. The van der Waals surface area contributed by atoms with Gasteiger partial charge in [-0.05, 0) is 270 Å². The third-order valence-electron chi connectivity index (χ3n) is 17.4. The van der Waals surface area contributed by atoms with E-state index in [1.54, 1.807) is 0 Å². The first kappa shape index (κ1) is 40.6. The average molecular weight is 955 g/mol. The van der Waals surface area contributed by atoms with Crippen LogP contribution in [0.1, 0.15) is 0 Å². The number of hydrogen-bond acceptors (Lipinski definition) is 0. The summed E-state index contributed by atoms with van der Waals surface area (Å²) in [4.78, 5) is 0. The van der Waals surface area contributed by atoms with Gasteiger partial charge in [-0.15, -0.1) is 0 Å². The van der Waals surface area contributed by atoms with Crippen LogP contribution >= 0.6 is 0 Å². The predicted octanol–water partition coefficient (Wildman–Crippen LogP) is 21.6. The lowest BCUT2D eigenvalue weighted by atomic mass is 9.86. The fraction of sp³-hybridized carbons (Fsp3) is 0. The molecule has 0 amide bonds. The zero-order chi connectivity index (χ0) is 49.3. The van der Waals surface area contributed by atoms with E-state index < -0.39 is 0 Å². The van der Waals surface area contributed by atoms with Crippen LogP contribution in [0.4, 0.5) is 0 Å². The molecule has 0 heteroatoms. The van der Waals surface area contributed by atoms with Crippen LogP contribution in [0.5, 0.6) is 0 Å². The first-order valence-electron chi connectivity index (χ1n) is 26.6. The lowest BCUT2D eigenvalue weighted by Crippen LogP contribution is -1.92.